The van der Waals surface area contributed by atoms with E-state index in [9.17, 15) is 22.0 Å². The molecule has 0 aromatic heterocycles. The van der Waals surface area contributed by atoms with Crippen molar-refractivity contribution in [3.63, 3.8) is 0 Å². The number of halogens is 6. The summed E-state index contributed by atoms with van der Waals surface area (Å²) >= 11 is 2.84. The van der Waals surface area contributed by atoms with Crippen LogP contribution in [0, 0.1) is 0 Å². The number of rotatable bonds is 3. The first-order chi connectivity index (χ1) is 7.69. The fourth-order valence-electron chi connectivity index (χ4n) is 0.943. The SMILES string of the molecule is Nc1cc(OC(F)F)c(OC(F)(F)F)cc1Br. The topological polar surface area (TPSA) is 44.5 Å². The van der Waals surface area contributed by atoms with Gasteiger partial charge in [0.1, 0.15) is 0 Å². The van der Waals surface area contributed by atoms with Gasteiger partial charge in [-0.25, -0.2) is 0 Å². The first-order valence-corrected chi connectivity index (χ1v) is 4.78. The molecule has 1 aromatic carbocycles. The first kappa shape index (κ1) is 13.8. The zero-order chi connectivity index (χ0) is 13.2. The molecule has 17 heavy (non-hydrogen) atoms. The lowest BCUT2D eigenvalue weighted by Crippen LogP contribution is -2.18. The van der Waals surface area contributed by atoms with Crippen LogP contribution >= 0.6 is 15.9 Å². The fourth-order valence-corrected chi connectivity index (χ4v) is 1.27. The molecule has 0 amide bonds. The Kier molecular flexibility index (Phi) is 4.02. The highest BCUT2D eigenvalue weighted by atomic mass is 79.9. The van der Waals surface area contributed by atoms with Gasteiger partial charge in [0.25, 0.3) is 0 Å². The Labute approximate surface area is 100 Å². The van der Waals surface area contributed by atoms with E-state index >= 15 is 0 Å². The van der Waals surface area contributed by atoms with E-state index in [1.165, 1.54) is 0 Å². The highest BCUT2D eigenvalue weighted by Crippen LogP contribution is 2.38. The lowest BCUT2D eigenvalue weighted by molar-refractivity contribution is -0.275. The second-order valence-electron chi connectivity index (χ2n) is 2.75. The Morgan fingerprint density at radius 1 is 1.18 bits per heavy atom. The molecule has 1 aromatic rings. The minimum atomic E-state index is -5.02. The highest BCUT2D eigenvalue weighted by Gasteiger charge is 2.33. The van der Waals surface area contributed by atoms with E-state index in [4.69, 9.17) is 5.73 Å². The highest BCUT2D eigenvalue weighted by molar-refractivity contribution is 9.10. The van der Waals surface area contributed by atoms with Crippen LogP contribution < -0.4 is 15.2 Å². The lowest BCUT2D eigenvalue weighted by Gasteiger charge is -2.14. The summed E-state index contributed by atoms with van der Waals surface area (Å²) in [7, 11) is 0. The van der Waals surface area contributed by atoms with Gasteiger partial charge in [-0.3, -0.25) is 0 Å². The van der Waals surface area contributed by atoms with Gasteiger partial charge in [-0.1, -0.05) is 0 Å². The van der Waals surface area contributed by atoms with Crippen molar-refractivity contribution < 1.29 is 31.4 Å². The van der Waals surface area contributed by atoms with Gasteiger partial charge in [0, 0.05) is 22.3 Å². The minimum Gasteiger partial charge on any atom is -0.431 e. The summed E-state index contributed by atoms with van der Waals surface area (Å²) in [6.07, 6.45) is -5.02. The number of hydrogen-bond acceptors (Lipinski definition) is 3. The van der Waals surface area contributed by atoms with Gasteiger partial charge >= 0.3 is 13.0 Å². The van der Waals surface area contributed by atoms with Gasteiger partial charge in [-0.05, 0) is 15.9 Å². The van der Waals surface area contributed by atoms with Crippen LogP contribution in [0.3, 0.4) is 0 Å². The van der Waals surface area contributed by atoms with Crippen molar-refractivity contribution in [1.29, 1.82) is 0 Å². The molecule has 0 unspecified atom stereocenters. The summed E-state index contributed by atoms with van der Waals surface area (Å²) in [5.74, 6) is -1.70. The van der Waals surface area contributed by atoms with E-state index < -0.39 is 24.5 Å². The molecule has 2 N–H and O–H groups in total. The van der Waals surface area contributed by atoms with Gasteiger partial charge in [-0.15, -0.1) is 13.2 Å². The Balaban J connectivity index is 3.11. The second-order valence-corrected chi connectivity index (χ2v) is 3.60. The Bertz CT molecular complexity index is 410. The maximum Gasteiger partial charge on any atom is 0.573 e. The molecule has 0 spiro atoms. The van der Waals surface area contributed by atoms with E-state index in [1.54, 1.807) is 0 Å². The minimum absolute atomic E-state index is 0.0600. The number of hydrogen-bond donors (Lipinski definition) is 1. The monoisotopic (exact) mass is 321 g/mol. The van der Waals surface area contributed by atoms with Crippen LogP contribution in [0.1, 0.15) is 0 Å². The summed E-state index contributed by atoms with van der Waals surface area (Å²) in [5, 5.41) is 0. The first-order valence-electron chi connectivity index (χ1n) is 3.98. The van der Waals surface area contributed by atoms with Crippen LogP contribution in [-0.2, 0) is 0 Å². The molecule has 0 saturated carbocycles. The molecule has 0 aliphatic heterocycles. The largest absolute Gasteiger partial charge is 0.573 e. The predicted octanol–water partition coefficient (Wildman–Crippen LogP) is 3.53. The molecule has 0 atom stereocenters. The van der Waals surface area contributed by atoms with E-state index in [2.05, 4.69) is 25.4 Å². The Morgan fingerprint density at radius 3 is 2.24 bits per heavy atom. The zero-order valence-electron chi connectivity index (χ0n) is 7.89. The molecule has 0 heterocycles. The van der Waals surface area contributed by atoms with Crippen molar-refractivity contribution in [1.82, 2.24) is 0 Å². The Morgan fingerprint density at radius 2 is 1.76 bits per heavy atom. The smallest absolute Gasteiger partial charge is 0.431 e. The normalized spacial score (nSPS) is 11.7. The summed E-state index contributed by atoms with van der Waals surface area (Å²) in [6.45, 7) is -3.29. The Hall–Kier alpha value is -1.25. The maximum absolute atomic E-state index is 12.0. The van der Waals surface area contributed by atoms with E-state index in [-0.39, 0.29) is 10.2 Å². The third-order valence-electron chi connectivity index (χ3n) is 1.50. The van der Waals surface area contributed by atoms with Gasteiger partial charge < -0.3 is 15.2 Å². The van der Waals surface area contributed by atoms with Crippen LogP contribution in [0.2, 0.25) is 0 Å². The number of ether oxygens (including phenoxy) is 2. The van der Waals surface area contributed by atoms with Gasteiger partial charge in [-0.2, -0.15) is 8.78 Å². The second kappa shape index (κ2) is 4.94. The molecular formula is C8H5BrF5NO2. The van der Waals surface area contributed by atoms with Crippen molar-refractivity contribution >= 4 is 21.6 Å². The molecule has 1 rings (SSSR count). The molecule has 0 aliphatic rings. The van der Waals surface area contributed by atoms with Crippen LogP contribution in [0.25, 0.3) is 0 Å². The van der Waals surface area contributed by atoms with E-state index in [1.807, 2.05) is 0 Å². The fraction of sp³-hybridized carbons (Fsp3) is 0.250. The molecule has 0 aliphatic carbocycles. The van der Waals surface area contributed by atoms with Crippen molar-refractivity contribution in [2.45, 2.75) is 13.0 Å². The number of anilines is 1. The number of benzene rings is 1. The standard InChI is InChI=1S/C8H5BrF5NO2/c9-3-1-6(17-8(12,13)14)5(2-4(3)15)16-7(10)11/h1-2,7H,15H2. The summed E-state index contributed by atoms with van der Waals surface area (Å²) in [5.41, 5.74) is 5.26. The molecule has 0 radical (unpaired) electrons. The quantitative estimate of drug-likeness (QED) is 0.684. The van der Waals surface area contributed by atoms with Crippen molar-refractivity contribution in [2.24, 2.45) is 0 Å². The summed E-state index contributed by atoms with van der Waals surface area (Å²) < 4.78 is 67.3. The average molecular weight is 322 g/mol. The number of nitrogens with two attached hydrogens (primary N) is 1. The van der Waals surface area contributed by atoms with Crippen molar-refractivity contribution in [2.75, 3.05) is 5.73 Å². The molecule has 0 fully saturated rings. The van der Waals surface area contributed by atoms with Crippen molar-refractivity contribution in [3.05, 3.63) is 16.6 Å². The summed E-state index contributed by atoms with van der Waals surface area (Å²) in [6, 6.07) is 1.60. The average Bonchev–Trinajstić information content (AvgIpc) is 2.10. The third-order valence-corrected chi connectivity index (χ3v) is 2.19. The number of alkyl halides is 5. The van der Waals surface area contributed by atoms with Crippen LogP contribution in [0.5, 0.6) is 11.5 Å². The van der Waals surface area contributed by atoms with E-state index in [0.29, 0.717) is 0 Å². The lowest BCUT2D eigenvalue weighted by atomic mass is 10.3. The molecule has 3 nitrogen and oxygen atoms in total. The van der Waals surface area contributed by atoms with Crippen LogP contribution in [0.15, 0.2) is 16.6 Å². The van der Waals surface area contributed by atoms with Crippen LogP contribution in [-0.4, -0.2) is 13.0 Å². The van der Waals surface area contributed by atoms with E-state index in [0.717, 1.165) is 12.1 Å². The maximum atomic E-state index is 12.0. The molecule has 0 bridgehead atoms. The van der Waals surface area contributed by atoms with Crippen LogP contribution in [0.4, 0.5) is 27.6 Å². The molecule has 9 heteroatoms. The molecule has 96 valence electrons. The third kappa shape index (κ3) is 4.25. The predicted molar refractivity (Wildman–Crippen MR) is 51.9 cm³/mol. The molecular weight excluding hydrogens is 317 g/mol. The number of nitrogen functional groups attached to an aromatic ring is 1. The molecule has 0 saturated heterocycles. The van der Waals surface area contributed by atoms with Gasteiger partial charge in [0.15, 0.2) is 11.5 Å². The zero-order valence-corrected chi connectivity index (χ0v) is 9.48. The van der Waals surface area contributed by atoms with Gasteiger partial charge in [0.2, 0.25) is 0 Å². The van der Waals surface area contributed by atoms with Crippen molar-refractivity contribution in [3.8, 4) is 11.5 Å². The van der Waals surface area contributed by atoms with Gasteiger partial charge in [0.05, 0.1) is 0 Å². The summed E-state index contributed by atoms with van der Waals surface area (Å²) in [4.78, 5) is 0.